The van der Waals surface area contributed by atoms with E-state index in [0.29, 0.717) is 10.6 Å². The number of nitrogens with zero attached hydrogens (tertiary/aromatic N) is 2. The second-order valence-corrected chi connectivity index (χ2v) is 6.80. The van der Waals surface area contributed by atoms with E-state index < -0.39 is 17.9 Å². The molecule has 0 bridgehead atoms. The predicted molar refractivity (Wildman–Crippen MR) is 110 cm³/mol. The molecular weight excluding hydrogens is 392 g/mol. The molecule has 4 aromatic rings. The van der Waals surface area contributed by atoms with Crippen molar-refractivity contribution in [1.82, 2.24) is 25.5 Å². The number of aromatic nitrogens is 4. The molecule has 0 spiro atoms. The van der Waals surface area contributed by atoms with Crippen LogP contribution in [0.4, 0.5) is 5.95 Å². The average Bonchev–Trinajstić information content (AvgIpc) is 3.38. The average molecular weight is 409 g/mol. The first-order valence-electron chi connectivity index (χ1n) is 8.88. The number of nitrogens with one attached hydrogen (secondary N) is 4. The number of carbonyl (C=O) groups excluding carboxylic acids is 2. The zero-order valence-corrected chi connectivity index (χ0v) is 15.9. The number of aromatic amines is 2. The van der Waals surface area contributed by atoms with E-state index in [0.717, 1.165) is 16.5 Å². The Hall–Kier alpha value is -3.65. The first kappa shape index (κ1) is 18.7. The summed E-state index contributed by atoms with van der Waals surface area (Å²) in [4.78, 5) is 32.7. The third kappa shape index (κ3) is 4.12. The largest absolute Gasteiger partial charge is 0.361 e. The molecule has 4 N–H and O–H groups in total. The van der Waals surface area contributed by atoms with Crippen LogP contribution in [0.15, 0.2) is 61.1 Å². The molecule has 2 aromatic heterocycles. The van der Waals surface area contributed by atoms with Crippen molar-refractivity contribution >= 4 is 40.3 Å². The molecule has 2 aromatic carbocycles. The minimum absolute atomic E-state index is 0.200. The molecule has 2 heterocycles. The maximum atomic E-state index is 12.9. The number of fused-ring (bicyclic) bond motifs is 1. The molecule has 8 nitrogen and oxygen atoms in total. The molecule has 1 atom stereocenters. The van der Waals surface area contributed by atoms with Crippen LogP contribution < -0.4 is 10.6 Å². The minimum Gasteiger partial charge on any atom is -0.361 e. The van der Waals surface area contributed by atoms with Crippen molar-refractivity contribution in [2.75, 3.05) is 5.32 Å². The Bertz CT molecular complexity index is 1150. The van der Waals surface area contributed by atoms with Crippen molar-refractivity contribution in [3.05, 3.63) is 77.2 Å². The maximum Gasteiger partial charge on any atom is 0.253 e. The number of carbonyl (C=O) groups is 2. The van der Waals surface area contributed by atoms with Crippen LogP contribution in [0, 0.1) is 0 Å². The maximum absolute atomic E-state index is 12.9. The Labute approximate surface area is 170 Å². The Morgan fingerprint density at radius 3 is 2.69 bits per heavy atom. The van der Waals surface area contributed by atoms with Gasteiger partial charge in [-0.2, -0.15) is 10.1 Å². The predicted octanol–water partition coefficient (Wildman–Crippen LogP) is 2.92. The van der Waals surface area contributed by atoms with Gasteiger partial charge in [0.25, 0.3) is 5.91 Å². The van der Waals surface area contributed by atoms with Crippen molar-refractivity contribution < 1.29 is 9.59 Å². The quantitative estimate of drug-likeness (QED) is 0.392. The van der Waals surface area contributed by atoms with Gasteiger partial charge in [0.2, 0.25) is 11.9 Å². The van der Waals surface area contributed by atoms with Gasteiger partial charge in [-0.25, -0.2) is 5.10 Å². The van der Waals surface area contributed by atoms with E-state index in [9.17, 15) is 9.59 Å². The van der Waals surface area contributed by atoms with Crippen LogP contribution in [0.2, 0.25) is 5.02 Å². The monoisotopic (exact) mass is 408 g/mol. The number of hydrogen-bond acceptors (Lipinski definition) is 4. The molecule has 0 radical (unpaired) electrons. The molecule has 9 heteroatoms. The number of halogens is 1. The summed E-state index contributed by atoms with van der Waals surface area (Å²) >= 11 is 6.13. The lowest BCUT2D eigenvalue weighted by molar-refractivity contribution is -0.118. The summed E-state index contributed by atoms with van der Waals surface area (Å²) in [6.07, 6.45) is 3.40. The summed E-state index contributed by atoms with van der Waals surface area (Å²) in [5.41, 5.74) is 2.15. The summed E-state index contributed by atoms with van der Waals surface area (Å²) in [5, 5.41) is 13.0. The van der Waals surface area contributed by atoms with Gasteiger partial charge in [-0.15, -0.1) is 0 Å². The number of H-pyrrole nitrogens is 2. The topological polar surface area (TPSA) is 116 Å². The highest BCUT2D eigenvalue weighted by Crippen LogP contribution is 2.20. The van der Waals surface area contributed by atoms with Gasteiger partial charge in [0, 0.05) is 23.5 Å². The van der Waals surface area contributed by atoms with E-state index >= 15 is 0 Å². The standard InChI is InChI=1S/C20H17ClN6O2/c21-15-7-3-1-6-14(15)18(28)25-17(19(29)26-20-23-11-24-27-20)9-12-10-22-16-8-4-2-5-13(12)16/h1-8,10-11,17,22H,9H2,(H,25,28)(H2,23,24,26,27,29). The molecule has 29 heavy (non-hydrogen) atoms. The summed E-state index contributed by atoms with van der Waals surface area (Å²) in [6, 6.07) is 13.6. The second kappa shape index (κ2) is 8.15. The SMILES string of the molecule is O=C(NC(Cc1c[nH]c2ccccc12)C(=O)Nc1ncn[nH]1)c1ccccc1Cl. The van der Waals surface area contributed by atoms with Gasteiger partial charge >= 0.3 is 0 Å². The van der Waals surface area contributed by atoms with Crippen molar-refractivity contribution in [2.24, 2.45) is 0 Å². The van der Waals surface area contributed by atoms with Crippen LogP contribution in [0.25, 0.3) is 10.9 Å². The lowest BCUT2D eigenvalue weighted by atomic mass is 10.0. The summed E-state index contributed by atoms with van der Waals surface area (Å²) in [6.45, 7) is 0. The zero-order valence-electron chi connectivity index (χ0n) is 15.1. The first-order chi connectivity index (χ1) is 14.1. The Morgan fingerprint density at radius 2 is 1.90 bits per heavy atom. The Balaban J connectivity index is 1.60. The van der Waals surface area contributed by atoms with Crippen LogP contribution >= 0.6 is 11.6 Å². The van der Waals surface area contributed by atoms with E-state index in [1.807, 2.05) is 30.5 Å². The normalized spacial score (nSPS) is 11.9. The summed E-state index contributed by atoms with van der Waals surface area (Å²) < 4.78 is 0. The second-order valence-electron chi connectivity index (χ2n) is 6.39. The number of para-hydroxylation sites is 1. The highest BCUT2D eigenvalue weighted by atomic mass is 35.5. The molecule has 0 aliphatic carbocycles. The fourth-order valence-electron chi connectivity index (χ4n) is 3.08. The highest BCUT2D eigenvalue weighted by Gasteiger charge is 2.24. The van der Waals surface area contributed by atoms with Crippen LogP contribution in [-0.2, 0) is 11.2 Å². The van der Waals surface area contributed by atoms with Gasteiger partial charge in [-0.05, 0) is 23.8 Å². The number of hydrogen-bond donors (Lipinski definition) is 4. The van der Waals surface area contributed by atoms with Crippen molar-refractivity contribution in [1.29, 1.82) is 0 Å². The van der Waals surface area contributed by atoms with Gasteiger partial charge in [0.1, 0.15) is 12.4 Å². The lowest BCUT2D eigenvalue weighted by Gasteiger charge is -2.18. The van der Waals surface area contributed by atoms with Crippen LogP contribution in [-0.4, -0.2) is 38.0 Å². The number of anilines is 1. The van der Waals surface area contributed by atoms with Gasteiger partial charge in [-0.3, -0.25) is 14.9 Å². The van der Waals surface area contributed by atoms with Gasteiger partial charge < -0.3 is 10.3 Å². The molecule has 0 saturated heterocycles. The summed E-state index contributed by atoms with van der Waals surface area (Å²) in [7, 11) is 0. The third-order valence-corrected chi connectivity index (χ3v) is 4.83. The van der Waals surface area contributed by atoms with Gasteiger partial charge in [0.05, 0.1) is 10.6 Å². The fourth-order valence-corrected chi connectivity index (χ4v) is 3.30. The Morgan fingerprint density at radius 1 is 1.10 bits per heavy atom. The highest BCUT2D eigenvalue weighted by molar-refractivity contribution is 6.33. The van der Waals surface area contributed by atoms with Gasteiger partial charge in [0.15, 0.2) is 0 Å². The van der Waals surface area contributed by atoms with Crippen LogP contribution in [0.3, 0.4) is 0 Å². The van der Waals surface area contributed by atoms with E-state index in [2.05, 4.69) is 30.8 Å². The zero-order chi connectivity index (χ0) is 20.2. The molecule has 0 aliphatic rings. The van der Waals surface area contributed by atoms with Crippen LogP contribution in [0.5, 0.6) is 0 Å². The minimum atomic E-state index is -0.858. The van der Waals surface area contributed by atoms with E-state index in [4.69, 9.17) is 11.6 Å². The van der Waals surface area contributed by atoms with Crippen molar-refractivity contribution in [3.8, 4) is 0 Å². The summed E-state index contributed by atoms with van der Waals surface area (Å²) in [5.74, 6) is -0.661. The molecule has 4 rings (SSSR count). The molecule has 2 amide bonds. The molecule has 0 fully saturated rings. The van der Waals surface area contributed by atoms with E-state index in [1.54, 1.807) is 24.3 Å². The lowest BCUT2D eigenvalue weighted by Crippen LogP contribution is -2.45. The number of benzene rings is 2. The molecule has 0 saturated carbocycles. The molecule has 1 unspecified atom stereocenters. The van der Waals surface area contributed by atoms with Crippen molar-refractivity contribution in [3.63, 3.8) is 0 Å². The molecular formula is C20H17ClN6O2. The van der Waals surface area contributed by atoms with Gasteiger partial charge in [-0.1, -0.05) is 41.9 Å². The van der Waals surface area contributed by atoms with E-state index in [-0.39, 0.29) is 12.4 Å². The number of rotatable bonds is 6. The first-order valence-corrected chi connectivity index (χ1v) is 9.26. The van der Waals surface area contributed by atoms with Crippen molar-refractivity contribution in [2.45, 2.75) is 12.5 Å². The number of amides is 2. The smallest absolute Gasteiger partial charge is 0.253 e. The van der Waals surface area contributed by atoms with E-state index in [1.165, 1.54) is 6.33 Å². The third-order valence-electron chi connectivity index (χ3n) is 4.50. The molecule has 146 valence electrons. The Kier molecular flexibility index (Phi) is 5.26. The fraction of sp³-hybridized carbons (Fsp3) is 0.100. The molecule has 0 aliphatic heterocycles. The van der Waals surface area contributed by atoms with Crippen LogP contribution in [0.1, 0.15) is 15.9 Å².